The largest absolute Gasteiger partial charge is 0.496 e. The van der Waals surface area contributed by atoms with Gasteiger partial charge in [0.1, 0.15) is 17.4 Å². The highest BCUT2D eigenvalue weighted by atomic mass is 19.1. The number of carbonyl (C=O) groups is 1. The molecule has 8 heteroatoms. The van der Waals surface area contributed by atoms with Gasteiger partial charge < -0.3 is 20.7 Å². The standard InChI is InChI=1S/C20H20FN5O2/c1-26(2)14-7-5-13(6-8-14)24-20-23-11-16(19(22)25-20)18(27)15-10-12(21)4-9-17(15)28-3/h4-11H,1-3H3,(H3,22,23,24,25). The SMILES string of the molecule is COc1ccc(F)cc1C(=O)c1cnc(Nc2ccc(N(C)C)cc2)nc1N. The summed E-state index contributed by atoms with van der Waals surface area (Å²) in [6.07, 6.45) is 1.31. The number of benzene rings is 2. The van der Waals surface area contributed by atoms with Crippen LogP contribution in [0.4, 0.5) is 27.5 Å². The van der Waals surface area contributed by atoms with Crippen LogP contribution in [0.15, 0.2) is 48.7 Å². The fourth-order valence-electron chi connectivity index (χ4n) is 2.60. The molecule has 0 aliphatic rings. The second-order valence-corrected chi connectivity index (χ2v) is 6.23. The van der Waals surface area contributed by atoms with Gasteiger partial charge in [-0.1, -0.05) is 0 Å². The van der Waals surface area contributed by atoms with E-state index in [9.17, 15) is 9.18 Å². The topological polar surface area (TPSA) is 93.4 Å². The summed E-state index contributed by atoms with van der Waals surface area (Å²) >= 11 is 0. The number of hydrogen-bond acceptors (Lipinski definition) is 7. The number of nitrogen functional groups attached to an aromatic ring is 1. The number of ether oxygens (including phenoxy) is 1. The number of ketones is 1. The van der Waals surface area contributed by atoms with Gasteiger partial charge in [0, 0.05) is 31.7 Å². The van der Waals surface area contributed by atoms with Gasteiger partial charge in [-0.15, -0.1) is 0 Å². The molecule has 0 fully saturated rings. The fourth-order valence-corrected chi connectivity index (χ4v) is 2.60. The highest BCUT2D eigenvalue weighted by Crippen LogP contribution is 2.25. The number of hydrogen-bond donors (Lipinski definition) is 2. The quantitative estimate of drug-likeness (QED) is 0.633. The third-order valence-corrected chi connectivity index (χ3v) is 4.11. The van der Waals surface area contributed by atoms with Gasteiger partial charge in [-0.05, 0) is 42.5 Å². The maximum Gasteiger partial charge on any atom is 0.229 e. The number of nitrogens with two attached hydrogens (primary N) is 1. The Hall–Kier alpha value is -3.68. The molecule has 7 nitrogen and oxygen atoms in total. The van der Waals surface area contributed by atoms with Crippen LogP contribution in [-0.2, 0) is 0 Å². The minimum atomic E-state index is -0.553. The normalized spacial score (nSPS) is 10.4. The average molecular weight is 381 g/mol. The van der Waals surface area contributed by atoms with E-state index < -0.39 is 11.6 Å². The summed E-state index contributed by atoms with van der Waals surface area (Å²) in [5.41, 5.74) is 7.90. The van der Waals surface area contributed by atoms with Crippen LogP contribution in [0.2, 0.25) is 0 Å². The first-order valence-electron chi connectivity index (χ1n) is 8.44. The molecule has 0 spiro atoms. The molecule has 0 saturated heterocycles. The lowest BCUT2D eigenvalue weighted by Crippen LogP contribution is -2.11. The molecule has 0 saturated carbocycles. The lowest BCUT2D eigenvalue weighted by Gasteiger charge is -2.13. The first kappa shape index (κ1) is 19.1. The molecule has 144 valence electrons. The van der Waals surface area contributed by atoms with Gasteiger partial charge in [-0.25, -0.2) is 9.37 Å². The van der Waals surface area contributed by atoms with Gasteiger partial charge in [0.2, 0.25) is 11.7 Å². The molecule has 0 aliphatic carbocycles. The molecule has 28 heavy (non-hydrogen) atoms. The monoisotopic (exact) mass is 381 g/mol. The first-order valence-corrected chi connectivity index (χ1v) is 8.44. The van der Waals surface area contributed by atoms with Crippen LogP contribution in [-0.4, -0.2) is 37.0 Å². The van der Waals surface area contributed by atoms with E-state index in [2.05, 4.69) is 15.3 Å². The third kappa shape index (κ3) is 4.01. The Morgan fingerprint density at radius 1 is 1.14 bits per heavy atom. The zero-order valence-corrected chi connectivity index (χ0v) is 15.7. The Labute approximate surface area is 162 Å². The van der Waals surface area contributed by atoms with Crippen molar-refractivity contribution in [1.29, 1.82) is 0 Å². The lowest BCUT2D eigenvalue weighted by molar-refractivity contribution is 0.103. The maximum absolute atomic E-state index is 13.6. The number of halogens is 1. The van der Waals surface area contributed by atoms with Crippen LogP contribution < -0.4 is 20.7 Å². The highest BCUT2D eigenvalue weighted by Gasteiger charge is 2.19. The van der Waals surface area contributed by atoms with Crippen molar-refractivity contribution in [2.45, 2.75) is 0 Å². The fraction of sp³-hybridized carbons (Fsp3) is 0.150. The number of nitrogens with zero attached hydrogens (tertiary/aromatic N) is 3. The van der Waals surface area contributed by atoms with Crippen molar-refractivity contribution >= 4 is 28.9 Å². The molecule has 3 rings (SSSR count). The van der Waals surface area contributed by atoms with E-state index in [1.54, 1.807) is 0 Å². The van der Waals surface area contributed by atoms with E-state index in [1.165, 1.54) is 25.4 Å². The van der Waals surface area contributed by atoms with Gasteiger partial charge in [0.25, 0.3) is 0 Å². The predicted octanol–water partition coefficient (Wildman–Crippen LogP) is 3.25. The van der Waals surface area contributed by atoms with Crippen LogP contribution in [0, 0.1) is 5.82 Å². The van der Waals surface area contributed by atoms with Gasteiger partial charge in [-0.2, -0.15) is 4.98 Å². The first-order chi connectivity index (χ1) is 13.4. The second-order valence-electron chi connectivity index (χ2n) is 6.23. The lowest BCUT2D eigenvalue weighted by atomic mass is 10.0. The summed E-state index contributed by atoms with van der Waals surface area (Å²) in [6.45, 7) is 0. The summed E-state index contributed by atoms with van der Waals surface area (Å²) in [5, 5.41) is 3.03. The van der Waals surface area contributed by atoms with E-state index in [4.69, 9.17) is 10.5 Å². The Morgan fingerprint density at radius 2 is 1.86 bits per heavy atom. The Balaban J connectivity index is 1.84. The maximum atomic E-state index is 13.6. The van der Waals surface area contributed by atoms with Gasteiger partial charge >= 0.3 is 0 Å². The highest BCUT2D eigenvalue weighted by molar-refractivity contribution is 6.13. The molecule has 0 radical (unpaired) electrons. The van der Waals surface area contributed by atoms with E-state index in [0.29, 0.717) is 0 Å². The summed E-state index contributed by atoms with van der Waals surface area (Å²) < 4.78 is 18.7. The molecule has 0 atom stereocenters. The molecule has 2 aromatic carbocycles. The summed E-state index contributed by atoms with van der Waals surface area (Å²) in [7, 11) is 5.31. The van der Waals surface area contributed by atoms with E-state index in [0.717, 1.165) is 17.4 Å². The van der Waals surface area contributed by atoms with Crippen LogP contribution in [0.25, 0.3) is 0 Å². The molecule has 1 heterocycles. The van der Waals surface area contributed by atoms with Gasteiger partial charge in [-0.3, -0.25) is 4.79 Å². The van der Waals surface area contributed by atoms with E-state index in [1.807, 2.05) is 43.3 Å². The molecule has 0 unspecified atom stereocenters. The average Bonchev–Trinajstić information content (AvgIpc) is 2.68. The Bertz CT molecular complexity index is 1010. The zero-order chi connectivity index (χ0) is 20.3. The smallest absolute Gasteiger partial charge is 0.229 e. The van der Waals surface area contributed by atoms with Crippen molar-refractivity contribution < 1.29 is 13.9 Å². The van der Waals surface area contributed by atoms with Crippen LogP contribution >= 0.6 is 0 Å². The molecule has 1 aromatic heterocycles. The summed E-state index contributed by atoms with van der Waals surface area (Å²) in [5.74, 6) is -0.593. The second kappa shape index (κ2) is 7.91. The van der Waals surface area contributed by atoms with Crippen molar-refractivity contribution in [3.63, 3.8) is 0 Å². The minimum absolute atomic E-state index is 0.0151. The van der Waals surface area contributed by atoms with Crippen molar-refractivity contribution in [3.8, 4) is 5.75 Å². The Morgan fingerprint density at radius 3 is 2.46 bits per heavy atom. The minimum Gasteiger partial charge on any atom is -0.496 e. The van der Waals surface area contributed by atoms with Crippen LogP contribution in [0.3, 0.4) is 0 Å². The van der Waals surface area contributed by atoms with Crippen LogP contribution in [0.5, 0.6) is 5.75 Å². The molecule has 0 amide bonds. The summed E-state index contributed by atoms with van der Waals surface area (Å²) in [4.78, 5) is 23.0. The molecular formula is C20H20FN5O2. The number of methoxy groups -OCH3 is 1. The van der Waals surface area contributed by atoms with Crippen LogP contribution in [0.1, 0.15) is 15.9 Å². The molecule has 3 aromatic rings. The van der Waals surface area contributed by atoms with E-state index in [-0.39, 0.29) is 28.6 Å². The molecule has 0 aliphatic heterocycles. The van der Waals surface area contributed by atoms with Crippen molar-refractivity contribution in [1.82, 2.24) is 9.97 Å². The Kier molecular flexibility index (Phi) is 5.39. The number of anilines is 4. The van der Waals surface area contributed by atoms with E-state index >= 15 is 0 Å². The van der Waals surface area contributed by atoms with Crippen molar-refractivity contribution in [2.75, 3.05) is 37.2 Å². The number of aromatic nitrogens is 2. The third-order valence-electron chi connectivity index (χ3n) is 4.11. The molecule has 0 bridgehead atoms. The number of carbonyl (C=O) groups excluding carboxylic acids is 1. The summed E-state index contributed by atoms with van der Waals surface area (Å²) in [6, 6.07) is 11.3. The predicted molar refractivity (Wildman–Crippen MR) is 107 cm³/mol. The van der Waals surface area contributed by atoms with Gasteiger partial charge in [0.15, 0.2) is 0 Å². The molecular weight excluding hydrogens is 361 g/mol. The van der Waals surface area contributed by atoms with Crippen molar-refractivity contribution in [2.24, 2.45) is 0 Å². The molecule has 3 N–H and O–H groups in total. The zero-order valence-electron chi connectivity index (χ0n) is 15.7. The van der Waals surface area contributed by atoms with Crippen molar-refractivity contribution in [3.05, 3.63) is 65.6 Å². The van der Waals surface area contributed by atoms with Gasteiger partial charge in [0.05, 0.1) is 18.2 Å². The number of rotatable bonds is 6. The number of nitrogens with one attached hydrogen (secondary N) is 1.